The number of anilines is 1. The van der Waals surface area contributed by atoms with Crippen LogP contribution in [0, 0.1) is 3.57 Å². The molecule has 0 bridgehead atoms. The fraction of sp³-hybridized carbons (Fsp3) is 0.0952. The Labute approximate surface area is 171 Å². The van der Waals surface area contributed by atoms with Gasteiger partial charge in [0.15, 0.2) is 11.5 Å². The number of rotatable bonds is 6. The van der Waals surface area contributed by atoms with E-state index >= 15 is 0 Å². The van der Waals surface area contributed by atoms with Crippen LogP contribution in [0.15, 0.2) is 66.7 Å². The van der Waals surface area contributed by atoms with Gasteiger partial charge < -0.3 is 19.9 Å². The molecular formula is C21H18INO4. The highest BCUT2D eigenvalue weighted by molar-refractivity contribution is 14.1. The number of aromatic hydroxyl groups is 1. The lowest BCUT2D eigenvalue weighted by Crippen LogP contribution is -2.12. The van der Waals surface area contributed by atoms with Gasteiger partial charge in [0.2, 0.25) is 0 Å². The van der Waals surface area contributed by atoms with E-state index in [2.05, 4.69) is 27.9 Å². The third kappa shape index (κ3) is 4.91. The normalized spacial score (nSPS) is 10.3. The van der Waals surface area contributed by atoms with Crippen LogP contribution in [0.4, 0.5) is 5.69 Å². The van der Waals surface area contributed by atoms with Crippen LogP contribution in [0.1, 0.15) is 15.9 Å². The summed E-state index contributed by atoms with van der Waals surface area (Å²) >= 11 is 2.13. The molecule has 0 saturated heterocycles. The fourth-order valence-corrected chi connectivity index (χ4v) is 3.23. The summed E-state index contributed by atoms with van der Waals surface area (Å²) in [6, 6.07) is 19.5. The second-order valence-electron chi connectivity index (χ2n) is 5.76. The first-order chi connectivity index (χ1) is 13.1. The van der Waals surface area contributed by atoms with Crippen LogP contribution < -0.4 is 14.8 Å². The first-order valence-corrected chi connectivity index (χ1v) is 9.29. The minimum atomic E-state index is -0.272. The van der Waals surface area contributed by atoms with Crippen molar-refractivity contribution in [2.75, 3.05) is 12.4 Å². The summed E-state index contributed by atoms with van der Waals surface area (Å²) in [5, 5.41) is 12.1. The Morgan fingerprint density at radius 1 is 1.07 bits per heavy atom. The maximum absolute atomic E-state index is 12.5. The number of carbonyl (C=O) groups excluding carboxylic acids is 1. The van der Waals surface area contributed by atoms with Crippen LogP contribution in [0.3, 0.4) is 0 Å². The number of nitrogens with one attached hydrogen (secondary N) is 1. The zero-order valence-electron chi connectivity index (χ0n) is 14.6. The standard InChI is InChI=1S/C21H18INO4/c1-26-19-12-15(21(25)23-16-7-9-17(24)10-8-16)11-18(22)20(19)27-13-14-5-3-2-4-6-14/h2-12,24H,13H2,1H3,(H,23,25). The highest BCUT2D eigenvalue weighted by atomic mass is 127. The summed E-state index contributed by atoms with van der Waals surface area (Å²) in [5.74, 6) is 0.965. The van der Waals surface area contributed by atoms with E-state index in [9.17, 15) is 9.90 Å². The van der Waals surface area contributed by atoms with Crippen LogP contribution >= 0.6 is 22.6 Å². The van der Waals surface area contributed by atoms with Gasteiger partial charge in [-0.05, 0) is 64.6 Å². The maximum Gasteiger partial charge on any atom is 0.255 e. The molecule has 0 heterocycles. The molecule has 0 saturated carbocycles. The van der Waals surface area contributed by atoms with E-state index in [1.165, 1.54) is 12.1 Å². The van der Waals surface area contributed by atoms with Crippen molar-refractivity contribution >= 4 is 34.2 Å². The van der Waals surface area contributed by atoms with Gasteiger partial charge in [0.25, 0.3) is 5.91 Å². The van der Waals surface area contributed by atoms with E-state index in [0.29, 0.717) is 29.4 Å². The van der Waals surface area contributed by atoms with E-state index in [0.717, 1.165) is 9.13 Å². The Kier molecular flexibility index (Phi) is 6.18. The highest BCUT2D eigenvalue weighted by Gasteiger charge is 2.16. The Hall–Kier alpha value is -2.74. The molecule has 138 valence electrons. The van der Waals surface area contributed by atoms with Gasteiger partial charge in [-0.1, -0.05) is 30.3 Å². The molecule has 0 spiro atoms. The molecule has 3 rings (SSSR count). The molecule has 0 radical (unpaired) electrons. The molecular weight excluding hydrogens is 457 g/mol. The van der Waals surface area contributed by atoms with Crippen LogP contribution in [0.25, 0.3) is 0 Å². The number of carbonyl (C=O) groups is 1. The van der Waals surface area contributed by atoms with Crippen molar-refractivity contribution < 1.29 is 19.4 Å². The number of phenolic OH excluding ortho intramolecular Hbond substituents is 1. The van der Waals surface area contributed by atoms with E-state index in [-0.39, 0.29) is 11.7 Å². The lowest BCUT2D eigenvalue weighted by atomic mass is 10.1. The monoisotopic (exact) mass is 475 g/mol. The average Bonchev–Trinajstić information content (AvgIpc) is 2.69. The van der Waals surface area contributed by atoms with E-state index < -0.39 is 0 Å². The number of hydrogen-bond acceptors (Lipinski definition) is 4. The third-order valence-corrected chi connectivity index (χ3v) is 4.64. The first-order valence-electron chi connectivity index (χ1n) is 8.21. The Bertz CT molecular complexity index is 927. The number of halogens is 1. The molecule has 0 unspecified atom stereocenters. The van der Waals surface area contributed by atoms with Gasteiger partial charge in [-0.3, -0.25) is 4.79 Å². The predicted molar refractivity (Wildman–Crippen MR) is 113 cm³/mol. The zero-order valence-corrected chi connectivity index (χ0v) is 16.8. The smallest absolute Gasteiger partial charge is 0.255 e. The number of ether oxygens (including phenoxy) is 2. The molecule has 3 aromatic rings. The second kappa shape index (κ2) is 8.77. The Balaban J connectivity index is 1.78. The van der Waals surface area contributed by atoms with E-state index in [1.54, 1.807) is 31.4 Å². The van der Waals surface area contributed by atoms with Crippen molar-refractivity contribution in [3.8, 4) is 17.2 Å². The topological polar surface area (TPSA) is 67.8 Å². The SMILES string of the molecule is COc1cc(C(=O)Nc2ccc(O)cc2)cc(I)c1OCc1ccccc1. The summed E-state index contributed by atoms with van der Waals surface area (Å²) in [6.07, 6.45) is 0. The van der Waals surface area contributed by atoms with Gasteiger partial charge in [-0.2, -0.15) is 0 Å². The van der Waals surface area contributed by atoms with Crippen molar-refractivity contribution in [3.63, 3.8) is 0 Å². The van der Waals surface area contributed by atoms with Crippen molar-refractivity contribution in [3.05, 3.63) is 81.4 Å². The van der Waals surface area contributed by atoms with Crippen LogP contribution in [-0.2, 0) is 6.61 Å². The summed E-state index contributed by atoms with van der Waals surface area (Å²) in [4.78, 5) is 12.5. The molecule has 5 nitrogen and oxygen atoms in total. The molecule has 27 heavy (non-hydrogen) atoms. The number of benzene rings is 3. The fourth-order valence-electron chi connectivity index (χ4n) is 2.47. The predicted octanol–water partition coefficient (Wildman–Crippen LogP) is 4.84. The molecule has 0 atom stereocenters. The quantitative estimate of drug-likeness (QED) is 0.396. The first kappa shape index (κ1) is 19.0. The summed E-state index contributed by atoms with van der Waals surface area (Å²) < 4.78 is 12.1. The van der Waals surface area contributed by atoms with Gasteiger partial charge in [-0.15, -0.1) is 0 Å². The average molecular weight is 475 g/mol. The molecule has 0 aliphatic heterocycles. The van der Waals surface area contributed by atoms with Crippen LogP contribution in [0.2, 0.25) is 0 Å². The number of methoxy groups -OCH3 is 1. The highest BCUT2D eigenvalue weighted by Crippen LogP contribution is 2.34. The lowest BCUT2D eigenvalue weighted by Gasteiger charge is -2.14. The molecule has 1 amide bonds. The minimum absolute atomic E-state index is 0.143. The minimum Gasteiger partial charge on any atom is -0.508 e. The third-order valence-electron chi connectivity index (χ3n) is 3.84. The Morgan fingerprint density at radius 2 is 1.78 bits per heavy atom. The van der Waals surface area contributed by atoms with Gasteiger partial charge in [0, 0.05) is 11.3 Å². The van der Waals surface area contributed by atoms with Gasteiger partial charge in [0.05, 0.1) is 10.7 Å². The van der Waals surface area contributed by atoms with Crippen molar-refractivity contribution in [1.82, 2.24) is 0 Å². The summed E-state index contributed by atoms with van der Waals surface area (Å²) in [5.41, 5.74) is 2.09. The molecule has 2 N–H and O–H groups in total. The van der Waals surface area contributed by atoms with Gasteiger partial charge >= 0.3 is 0 Å². The van der Waals surface area contributed by atoms with Gasteiger partial charge in [-0.25, -0.2) is 0 Å². The molecule has 6 heteroatoms. The number of hydrogen-bond donors (Lipinski definition) is 2. The van der Waals surface area contributed by atoms with Crippen LogP contribution in [-0.4, -0.2) is 18.1 Å². The van der Waals surface area contributed by atoms with E-state index in [4.69, 9.17) is 9.47 Å². The second-order valence-corrected chi connectivity index (χ2v) is 6.93. The number of phenols is 1. The molecule has 0 aliphatic carbocycles. The zero-order chi connectivity index (χ0) is 19.2. The largest absolute Gasteiger partial charge is 0.508 e. The molecule has 3 aromatic carbocycles. The Morgan fingerprint density at radius 3 is 2.44 bits per heavy atom. The van der Waals surface area contributed by atoms with Crippen molar-refractivity contribution in [2.24, 2.45) is 0 Å². The molecule has 0 aromatic heterocycles. The van der Waals surface area contributed by atoms with Crippen LogP contribution in [0.5, 0.6) is 17.2 Å². The summed E-state index contributed by atoms with van der Waals surface area (Å²) in [7, 11) is 1.54. The summed E-state index contributed by atoms with van der Waals surface area (Å²) in [6.45, 7) is 0.409. The molecule has 0 fully saturated rings. The maximum atomic E-state index is 12.5. The van der Waals surface area contributed by atoms with Gasteiger partial charge in [0.1, 0.15) is 12.4 Å². The number of amides is 1. The lowest BCUT2D eigenvalue weighted by molar-refractivity contribution is 0.102. The van der Waals surface area contributed by atoms with E-state index in [1.807, 2.05) is 30.3 Å². The van der Waals surface area contributed by atoms with Crippen molar-refractivity contribution in [1.29, 1.82) is 0 Å². The van der Waals surface area contributed by atoms with Crippen molar-refractivity contribution in [2.45, 2.75) is 6.61 Å². The molecule has 0 aliphatic rings.